The van der Waals surface area contributed by atoms with Gasteiger partial charge in [-0.3, -0.25) is 4.90 Å². The Morgan fingerprint density at radius 2 is 2.06 bits per heavy atom. The highest BCUT2D eigenvalue weighted by atomic mass is 35.5. The molecule has 1 aliphatic carbocycles. The second kappa shape index (κ2) is 5.20. The van der Waals surface area contributed by atoms with Crippen LogP contribution in [0.1, 0.15) is 38.3 Å². The van der Waals surface area contributed by atoms with Crippen molar-refractivity contribution in [3.05, 3.63) is 34.9 Å². The lowest BCUT2D eigenvalue weighted by Crippen LogP contribution is -2.49. The summed E-state index contributed by atoms with van der Waals surface area (Å²) in [6.07, 6.45) is 2.56. The molecule has 1 aromatic rings. The van der Waals surface area contributed by atoms with Crippen LogP contribution in [0.2, 0.25) is 5.02 Å². The Bertz CT molecular complexity index is 413. The summed E-state index contributed by atoms with van der Waals surface area (Å²) in [7, 11) is 2.13. The van der Waals surface area contributed by atoms with E-state index in [1.807, 2.05) is 18.2 Å². The molecule has 1 aliphatic rings. The number of nitrogens with two attached hydrogens (primary N) is 1. The minimum absolute atomic E-state index is 0.0791. The second-order valence-electron chi connectivity index (χ2n) is 5.89. The molecule has 2 rings (SSSR count). The molecule has 0 amide bonds. The van der Waals surface area contributed by atoms with Gasteiger partial charge in [-0.2, -0.15) is 0 Å². The number of hydrogen-bond donors (Lipinski definition) is 1. The van der Waals surface area contributed by atoms with Gasteiger partial charge in [0.15, 0.2) is 0 Å². The number of halogens is 1. The highest BCUT2D eigenvalue weighted by Gasteiger charge is 2.39. The fourth-order valence-electron chi connectivity index (χ4n) is 2.60. The maximum atomic E-state index is 6.40. The third-order valence-corrected chi connectivity index (χ3v) is 4.46. The molecule has 0 aromatic heterocycles. The van der Waals surface area contributed by atoms with Crippen molar-refractivity contribution in [3.63, 3.8) is 0 Å². The monoisotopic (exact) mass is 266 g/mol. The molecule has 1 saturated carbocycles. The summed E-state index contributed by atoms with van der Waals surface area (Å²) < 4.78 is 0. The van der Waals surface area contributed by atoms with Gasteiger partial charge in [0.2, 0.25) is 0 Å². The summed E-state index contributed by atoms with van der Waals surface area (Å²) in [5.74, 6) is 0.693. The van der Waals surface area contributed by atoms with Crippen LogP contribution in [0.15, 0.2) is 24.3 Å². The molecule has 18 heavy (non-hydrogen) atoms. The average molecular weight is 267 g/mol. The molecular weight excluding hydrogens is 244 g/mol. The van der Waals surface area contributed by atoms with Crippen molar-refractivity contribution < 1.29 is 0 Å². The van der Waals surface area contributed by atoms with Crippen LogP contribution in [0.25, 0.3) is 0 Å². The topological polar surface area (TPSA) is 29.3 Å². The summed E-state index contributed by atoms with van der Waals surface area (Å²) in [5, 5.41) is 0.835. The van der Waals surface area contributed by atoms with E-state index in [-0.39, 0.29) is 5.54 Å². The number of hydrogen-bond acceptors (Lipinski definition) is 2. The molecule has 0 radical (unpaired) electrons. The smallest absolute Gasteiger partial charge is 0.0453 e. The maximum Gasteiger partial charge on any atom is 0.0453 e. The lowest BCUT2D eigenvalue weighted by molar-refractivity contribution is 0.193. The first-order chi connectivity index (χ1) is 8.42. The SMILES string of the molecule is CC(c1ccccc1Cl)N(C)CC(C)(N)C1CC1. The van der Waals surface area contributed by atoms with Crippen molar-refractivity contribution in [2.45, 2.75) is 38.3 Å². The second-order valence-corrected chi connectivity index (χ2v) is 6.30. The number of nitrogens with zero attached hydrogens (tertiary/aromatic N) is 1. The molecule has 3 heteroatoms. The molecule has 1 aromatic carbocycles. The van der Waals surface area contributed by atoms with E-state index >= 15 is 0 Å². The fraction of sp³-hybridized carbons (Fsp3) is 0.600. The molecule has 2 unspecified atom stereocenters. The zero-order valence-corrected chi connectivity index (χ0v) is 12.2. The number of rotatable bonds is 5. The van der Waals surface area contributed by atoms with Gasteiger partial charge in [0.1, 0.15) is 0 Å². The van der Waals surface area contributed by atoms with Gasteiger partial charge in [0.05, 0.1) is 0 Å². The van der Waals surface area contributed by atoms with E-state index in [1.54, 1.807) is 0 Å². The molecule has 2 atom stereocenters. The molecule has 0 heterocycles. The van der Waals surface area contributed by atoms with Crippen molar-refractivity contribution >= 4 is 11.6 Å². The first-order valence-corrected chi connectivity index (χ1v) is 7.03. The van der Waals surface area contributed by atoms with Gasteiger partial charge in [0, 0.05) is 23.1 Å². The van der Waals surface area contributed by atoms with Gasteiger partial charge in [0.25, 0.3) is 0 Å². The van der Waals surface area contributed by atoms with Crippen molar-refractivity contribution in [1.29, 1.82) is 0 Å². The van der Waals surface area contributed by atoms with E-state index in [0.717, 1.165) is 11.6 Å². The minimum Gasteiger partial charge on any atom is -0.324 e. The van der Waals surface area contributed by atoms with Crippen molar-refractivity contribution in [3.8, 4) is 0 Å². The zero-order valence-electron chi connectivity index (χ0n) is 11.5. The molecule has 1 fully saturated rings. The Balaban J connectivity index is 2.04. The minimum atomic E-state index is -0.0791. The number of benzene rings is 1. The van der Waals surface area contributed by atoms with Crippen LogP contribution in [-0.2, 0) is 0 Å². The van der Waals surface area contributed by atoms with Gasteiger partial charge in [-0.1, -0.05) is 29.8 Å². The standard InChI is InChI=1S/C15H23ClN2/c1-11(13-6-4-5-7-14(13)16)18(3)10-15(2,17)12-8-9-12/h4-7,11-12H,8-10,17H2,1-3H3. The lowest BCUT2D eigenvalue weighted by atomic mass is 9.95. The van der Waals surface area contributed by atoms with Gasteiger partial charge in [-0.05, 0) is 51.3 Å². The van der Waals surface area contributed by atoms with E-state index < -0.39 is 0 Å². The predicted molar refractivity (Wildman–Crippen MR) is 77.8 cm³/mol. The molecule has 0 bridgehead atoms. The highest BCUT2D eigenvalue weighted by Crippen LogP contribution is 2.39. The Morgan fingerprint density at radius 1 is 1.44 bits per heavy atom. The third-order valence-electron chi connectivity index (χ3n) is 4.12. The maximum absolute atomic E-state index is 6.40. The summed E-state index contributed by atoms with van der Waals surface area (Å²) in [6, 6.07) is 8.34. The van der Waals surface area contributed by atoms with Crippen LogP contribution in [0, 0.1) is 5.92 Å². The summed E-state index contributed by atoms with van der Waals surface area (Å²) in [6.45, 7) is 5.26. The van der Waals surface area contributed by atoms with Gasteiger partial charge in [-0.25, -0.2) is 0 Å². The van der Waals surface area contributed by atoms with E-state index in [0.29, 0.717) is 12.0 Å². The molecular formula is C15H23ClN2. The average Bonchev–Trinajstić information content (AvgIpc) is 3.12. The summed E-state index contributed by atoms with van der Waals surface area (Å²) in [5.41, 5.74) is 7.50. The van der Waals surface area contributed by atoms with E-state index in [1.165, 1.54) is 18.4 Å². The van der Waals surface area contributed by atoms with Crippen molar-refractivity contribution in [2.75, 3.05) is 13.6 Å². The third kappa shape index (κ3) is 3.05. The van der Waals surface area contributed by atoms with Crippen LogP contribution in [0.3, 0.4) is 0 Å². The molecule has 0 aliphatic heterocycles. The van der Waals surface area contributed by atoms with Crippen LogP contribution in [-0.4, -0.2) is 24.0 Å². The largest absolute Gasteiger partial charge is 0.324 e. The molecule has 100 valence electrons. The molecule has 0 saturated heterocycles. The van der Waals surface area contributed by atoms with Gasteiger partial charge >= 0.3 is 0 Å². The van der Waals surface area contributed by atoms with Gasteiger partial charge < -0.3 is 5.73 Å². The van der Waals surface area contributed by atoms with Crippen LogP contribution in [0.5, 0.6) is 0 Å². The first kappa shape index (κ1) is 13.9. The molecule has 0 spiro atoms. The fourth-order valence-corrected chi connectivity index (χ4v) is 2.89. The van der Waals surface area contributed by atoms with Crippen LogP contribution >= 0.6 is 11.6 Å². The van der Waals surface area contributed by atoms with Crippen LogP contribution in [0.4, 0.5) is 0 Å². The van der Waals surface area contributed by atoms with Crippen molar-refractivity contribution in [2.24, 2.45) is 11.7 Å². The Labute approximate surface area is 115 Å². The van der Waals surface area contributed by atoms with E-state index in [2.05, 4.69) is 31.9 Å². The molecule has 2 N–H and O–H groups in total. The summed E-state index contributed by atoms with van der Waals surface area (Å²) in [4.78, 5) is 2.31. The first-order valence-electron chi connectivity index (χ1n) is 6.65. The normalized spacial score (nSPS) is 20.8. The highest BCUT2D eigenvalue weighted by molar-refractivity contribution is 6.31. The van der Waals surface area contributed by atoms with Crippen molar-refractivity contribution in [1.82, 2.24) is 4.90 Å². The molecule has 2 nitrogen and oxygen atoms in total. The Hall–Kier alpha value is -0.570. The van der Waals surface area contributed by atoms with E-state index in [4.69, 9.17) is 17.3 Å². The van der Waals surface area contributed by atoms with Crippen LogP contribution < -0.4 is 5.73 Å². The summed E-state index contributed by atoms with van der Waals surface area (Å²) >= 11 is 6.25. The van der Waals surface area contributed by atoms with Gasteiger partial charge in [-0.15, -0.1) is 0 Å². The van der Waals surface area contributed by atoms with E-state index in [9.17, 15) is 0 Å². The quantitative estimate of drug-likeness (QED) is 0.884. The Kier molecular flexibility index (Phi) is 4.00. The Morgan fingerprint density at radius 3 is 2.61 bits per heavy atom. The number of likely N-dealkylation sites (N-methyl/N-ethyl adjacent to an activating group) is 1. The lowest BCUT2D eigenvalue weighted by Gasteiger charge is -2.34. The predicted octanol–water partition coefficient (Wildman–Crippen LogP) is 3.46. The zero-order chi connectivity index (χ0) is 13.3.